The van der Waals surface area contributed by atoms with E-state index in [4.69, 9.17) is 9.40 Å². The molecule has 0 saturated heterocycles. The minimum absolute atomic E-state index is 0.548. The molecule has 0 amide bonds. The highest BCUT2D eigenvalue weighted by atomic mass is 16.3. The molecule has 0 radical (unpaired) electrons. The molecule has 2 aromatic carbocycles. The minimum Gasteiger partial charge on any atom is -0.460 e. The van der Waals surface area contributed by atoms with E-state index in [0.29, 0.717) is 5.92 Å². The normalized spacial score (nSPS) is 11.9. The van der Waals surface area contributed by atoms with Crippen molar-refractivity contribution < 1.29 is 4.42 Å². The number of fused-ring (bicyclic) bond motifs is 3. The lowest BCUT2D eigenvalue weighted by atomic mass is 9.96. The van der Waals surface area contributed by atoms with Crippen LogP contribution in [0.25, 0.3) is 33.1 Å². The molecule has 4 rings (SSSR count). The topological polar surface area (TPSA) is 26.0 Å². The summed E-state index contributed by atoms with van der Waals surface area (Å²) in [6.07, 6.45) is 0.944. The van der Waals surface area contributed by atoms with Crippen LogP contribution in [-0.2, 0) is 6.42 Å². The summed E-state index contributed by atoms with van der Waals surface area (Å²) in [5, 5.41) is 2.31. The highest BCUT2D eigenvalue weighted by molar-refractivity contribution is 6.11. The largest absolute Gasteiger partial charge is 0.460 e. The van der Waals surface area contributed by atoms with Crippen LogP contribution < -0.4 is 0 Å². The van der Waals surface area contributed by atoms with Crippen molar-refractivity contribution in [3.05, 3.63) is 63.9 Å². The molecular formula is C26H29NO. The maximum absolute atomic E-state index is 6.53. The molecule has 144 valence electrons. The van der Waals surface area contributed by atoms with Crippen molar-refractivity contribution in [2.24, 2.45) is 5.92 Å². The smallest absolute Gasteiger partial charge is 0.146 e. The Bertz CT molecular complexity index is 1190. The van der Waals surface area contributed by atoms with Crippen LogP contribution in [0.4, 0.5) is 0 Å². The van der Waals surface area contributed by atoms with Crippen molar-refractivity contribution in [1.29, 1.82) is 0 Å². The second kappa shape index (κ2) is 6.77. The van der Waals surface area contributed by atoms with Crippen LogP contribution in [0.15, 0.2) is 34.7 Å². The maximum Gasteiger partial charge on any atom is 0.146 e. The molecule has 2 heterocycles. The van der Waals surface area contributed by atoms with E-state index in [1.54, 1.807) is 0 Å². The van der Waals surface area contributed by atoms with Gasteiger partial charge in [0.15, 0.2) is 0 Å². The SMILES string of the molecule is Cc1cc(C)cc(-c2nc3cc(C)cc(C)c3c3oc(CC(C)C)c(C)c23)c1. The zero-order valence-electron chi connectivity index (χ0n) is 18.0. The summed E-state index contributed by atoms with van der Waals surface area (Å²) >= 11 is 0. The first kappa shape index (κ1) is 18.7. The number of furan rings is 1. The van der Waals surface area contributed by atoms with Crippen LogP contribution in [0, 0.1) is 40.5 Å². The summed E-state index contributed by atoms with van der Waals surface area (Å²) in [6.45, 7) is 15.3. The molecule has 0 bridgehead atoms. The number of aryl methyl sites for hydroxylation is 5. The highest BCUT2D eigenvalue weighted by Gasteiger charge is 2.21. The highest BCUT2D eigenvalue weighted by Crippen LogP contribution is 2.40. The van der Waals surface area contributed by atoms with Crippen LogP contribution in [0.5, 0.6) is 0 Å². The average Bonchev–Trinajstić information content (AvgIpc) is 2.88. The first-order valence-corrected chi connectivity index (χ1v) is 10.2. The average molecular weight is 372 g/mol. The van der Waals surface area contributed by atoms with E-state index < -0.39 is 0 Å². The lowest BCUT2D eigenvalue weighted by Gasteiger charge is -2.11. The van der Waals surface area contributed by atoms with E-state index in [1.807, 2.05) is 0 Å². The third-order valence-corrected chi connectivity index (χ3v) is 5.49. The van der Waals surface area contributed by atoms with Gasteiger partial charge in [0.1, 0.15) is 11.3 Å². The molecule has 0 saturated carbocycles. The Morgan fingerprint density at radius 3 is 2.11 bits per heavy atom. The van der Waals surface area contributed by atoms with E-state index >= 15 is 0 Å². The van der Waals surface area contributed by atoms with Crippen molar-refractivity contribution >= 4 is 21.9 Å². The van der Waals surface area contributed by atoms with Gasteiger partial charge in [0.25, 0.3) is 0 Å². The van der Waals surface area contributed by atoms with Crippen LogP contribution in [0.2, 0.25) is 0 Å². The van der Waals surface area contributed by atoms with Gasteiger partial charge >= 0.3 is 0 Å². The monoisotopic (exact) mass is 371 g/mol. The number of rotatable bonds is 3. The van der Waals surface area contributed by atoms with Gasteiger partial charge in [-0.15, -0.1) is 0 Å². The Morgan fingerprint density at radius 1 is 0.821 bits per heavy atom. The zero-order valence-corrected chi connectivity index (χ0v) is 18.0. The van der Waals surface area contributed by atoms with Crippen LogP contribution in [0.3, 0.4) is 0 Å². The zero-order chi connectivity index (χ0) is 20.2. The number of hydrogen-bond donors (Lipinski definition) is 0. The molecule has 28 heavy (non-hydrogen) atoms. The summed E-state index contributed by atoms with van der Waals surface area (Å²) in [7, 11) is 0. The molecule has 0 N–H and O–H groups in total. The summed E-state index contributed by atoms with van der Waals surface area (Å²) < 4.78 is 6.53. The summed E-state index contributed by atoms with van der Waals surface area (Å²) in [6, 6.07) is 11.1. The molecule has 0 aliphatic carbocycles. The molecule has 0 atom stereocenters. The van der Waals surface area contributed by atoms with Gasteiger partial charge in [0.05, 0.1) is 16.6 Å². The first-order chi connectivity index (χ1) is 13.2. The van der Waals surface area contributed by atoms with Gasteiger partial charge in [-0.2, -0.15) is 0 Å². The Kier molecular flexibility index (Phi) is 4.53. The van der Waals surface area contributed by atoms with Gasteiger partial charge in [-0.05, 0) is 69.9 Å². The second-order valence-corrected chi connectivity index (χ2v) is 8.77. The summed E-state index contributed by atoms with van der Waals surface area (Å²) in [5.41, 5.74) is 10.4. The van der Waals surface area contributed by atoms with Gasteiger partial charge < -0.3 is 4.42 Å². The lowest BCUT2D eigenvalue weighted by Crippen LogP contribution is -1.94. The number of aromatic nitrogens is 1. The van der Waals surface area contributed by atoms with Gasteiger partial charge in [-0.3, -0.25) is 0 Å². The predicted octanol–water partition coefficient (Wildman–Crippen LogP) is 7.39. The molecule has 0 aliphatic rings. The number of hydrogen-bond acceptors (Lipinski definition) is 2. The van der Waals surface area contributed by atoms with E-state index in [9.17, 15) is 0 Å². The van der Waals surface area contributed by atoms with Crippen LogP contribution >= 0.6 is 0 Å². The third kappa shape index (κ3) is 3.11. The maximum atomic E-state index is 6.53. The molecule has 0 unspecified atom stereocenters. The van der Waals surface area contributed by atoms with Gasteiger partial charge in [-0.1, -0.05) is 37.1 Å². The fourth-order valence-corrected chi connectivity index (χ4v) is 4.41. The van der Waals surface area contributed by atoms with Crippen molar-refractivity contribution in [3.8, 4) is 11.3 Å². The molecule has 2 heteroatoms. The molecule has 4 aromatic rings. The van der Waals surface area contributed by atoms with E-state index in [-0.39, 0.29) is 0 Å². The van der Waals surface area contributed by atoms with Crippen molar-refractivity contribution in [2.45, 2.75) is 54.9 Å². The van der Waals surface area contributed by atoms with Gasteiger partial charge in [-0.25, -0.2) is 4.98 Å². The molecule has 2 nitrogen and oxygen atoms in total. The first-order valence-electron chi connectivity index (χ1n) is 10.2. The van der Waals surface area contributed by atoms with Crippen molar-refractivity contribution in [3.63, 3.8) is 0 Å². The van der Waals surface area contributed by atoms with Gasteiger partial charge in [0, 0.05) is 22.9 Å². The fourth-order valence-electron chi connectivity index (χ4n) is 4.41. The molecule has 0 spiro atoms. The Morgan fingerprint density at radius 2 is 1.46 bits per heavy atom. The van der Waals surface area contributed by atoms with E-state index in [2.05, 4.69) is 78.8 Å². The molecule has 0 aliphatic heterocycles. The number of nitrogens with zero attached hydrogens (tertiary/aromatic N) is 1. The third-order valence-electron chi connectivity index (χ3n) is 5.49. The van der Waals surface area contributed by atoms with Crippen LogP contribution in [0.1, 0.15) is 47.4 Å². The Labute approximate surface area is 167 Å². The molecular weight excluding hydrogens is 342 g/mol. The summed E-state index contributed by atoms with van der Waals surface area (Å²) in [5.74, 6) is 1.64. The number of benzene rings is 2. The quantitative estimate of drug-likeness (QED) is 0.375. The van der Waals surface area contributed by atoms with Crippen LogP contribution in [-0.4, -0.2) is 4.98 Å². The van der Waals surface area contributed by atoms with Crippen molar-refractivity contribution in [2.75, 3.05) is 0 Å². The summed E-state index contributed by atoms with van der Waals surface area (Å²) in [4.78, 5) is 5.17. The van der Waals surface area contributed by atoms with E-state index in [1.165, 1.54) is 38.8 Å². The molecule has 0 fully saturated rings. The Balaban J connectivity index is 2.17. The fraction of sp³-hybridized carbons (Fsp3) is 0.346. The predicted molar refractivity (Wildman–Crippen MR) is 119 cm³/mol. The minimum atomic E-state index is 0.548. The standard InChI is InChI=1S/C26H29NO/c1-14(2)8-22-19(7)24-25(20-11-15(3)9-16(4)12-20)27-21-13-17(5)10-18(6)23(21)26(24)28-22/h9-14H,8H2,1-7H3. The van der Waals surface area contributed by atoms with Gasteiger partial charge in [0.2, 0.25) is 0 Å². The second-order valence-electron chi connectivity index (χ2n) is 8.77. The Hall–Kier alpha value is -2.61. The lowest BCUT2D eigenvalue weighted by molar-refractivity contribution is 0.498. The molecule has 2 aromatic heterocycles. The van der Waals surface area contributed by atoms with Crippen molar-refractivity contribution in [1.82, 2.24) is 4.98 Å². The van der Waals surface area contributed by atoms with E-state index in [0.717, 1.165) is 34.4 Å². The number of pyridine rings is 1.